The van der Waals surface area contributed by atoms with Gasteiger partial charge in [-0.2, -0.15) is 0 Å². The molecule has 2 aromatic carbocycles. The lowest BCUT2D eigenvalue weighted by molar-refractivity contribution is 0.601. The van der Waals surface area contributed by atoms with E-state index in [4.69, 9.17) is 0 Å². The largest absolute Gasteiger partial charge is 0.383 e. The Balaban J connectivity index is 2.19. The lowest BCUT2D eigenvalue weighted by Crippen LogP contribution is -2.13. The molecule has 0 saturated carbocycles. The Morgan fingerprint density at radius 2 is 1.45 bits per heavy atom. The lowest BCUT2D eigenvalue weighted by Gasteiger charge is -2.12. The first-order valence-corrected chi connectivity index (χ1v) is 8.73. The molecule has 0 heterocycles. The van der Waals surface area contributed by atoms with Crippen LogP contribution in [0, 0.1) is 13.8 Å². The van der Waals surface area contributed by atoms with E-state index >= 15 is 0 Å². The molecule has 0 radical (unpaired) electrons. The third-order valence-corrected chi connectivity index (χ3v) is 4.76. The molecule has 2 rings (SSSR count). The number of hydrogen-bond donors (Lipinski definition) is 2. The summed E-state index contributed by atoms with van der Waals surface area (Å²) < 4.78 is 27.4. The Morgan fingerprint density at radius 1 is 0.864 bits per heavy atom. The number of nitrogens with one attached hydrogen (secondary N) is 2. The SMILES string of the molecule is Cc1ccc(S(=O)(=O)Nc2ccc(NC(C)C)cc2)cc1C. The van der Waals surface area contributed by atoms with E-state index in [-0.39, 0.29) is 4.90 Å². The molecular weight excluding hydrogens is 296 g/mol. The molecule has 0 amide bonds. The molecule has 2 aromatic rings. The molecule has 0 atom stereocenters. The average Bonchev–Trinajstić information content (AvgIpc) is 2.43. The van der Waals surface area contributed by atoms with Gasteiger partial charge >= 0.3 is 0 Å². The number of hydrogen-bond acceptors (Lipinski definition) is 3. The van der Waals surface area contributed by atoms with Gasteiger partial charge < -0.3 is 5.32 Å². The van der Waals surface area contributed by atoms with Crippen molar-refractivity contribution in [3.05, 3.63) is 53.6 Å². The third-order valence-electron chi connectivity index (χ3n) is 3.38. The van der Waals surface area contributed by atoms with E-state index in [1.54, 1.807) is 24.3 Å². The average molecular weight is 318 g/mol. The van der Waals surface area contributed by atoms with E-state index < -0.39 is 10.0 Å². The van der Waals surface area contributed by atoms with Crippen LogP contribution in [-0.4, -0.2) is 14.5 Å². The summed E-state index contributed by atoms with van der Waals surface area (Å²) in [6.07, 6.45) is 0. The quantitative estimate of drug-likeness (QED) is 0.878. The minimum absolute atomic E-state index is 0.278. The maximum Gasteiger partial charge on any atom is 0.261 e. The Bertz CT molecular complexity index is 751. The second-order valence-electron chi connectivity index (χ2n) is 5.73. The summed E-state index contributed by atoms with van der Waals surface area (Å²) in [5.41, 5.74) is 3.54. The number of anilines is 2. The highest BCUT2D eigenvalue weighted by Gasteiger charge is 2.14. The molecule has 0 unspecified atom stereocenters. The van der Waals surface area contributed by atoms with E-state index in [0.29, 0.717) is 11.7 Å². The molecule has 22 heavy (non-hydrogen) atoms. The highest BCUT2D eigenvalue weighted by atomic mass is 32.2. The van der Waals surface area contributed by atoms with Crippen LogP contribution >= 0.6 is 0 Å². The van der Waals surface area contributed by atoms with Crippen molar-refractivity contribution in [3.8, 4) is 0 Å². The van der Waals surface area contributed by atoms with Gasteiger partial charge in [0.05, 0.1) is 4.90 Å². The van der Waals surface area contributed by atoms with Crippen molar-refractivity contribution in [2.45, 2.75) is 38.6 Å². The van der Waals surface area contributed by atoms with Crippen molar-refractivity contribution < 1.29 is 8.42 Å². The zero-order valence-electron chi connectivity index (χ0n) is 13.3. The van der Waals surface area contributed by atoms with Crippen LogP contribution in [0.15, 0.2) is 47.4 Å². The van der Waals surface area contributed by atoms with Crippen LogP contribution in [0.25, 0.3) is 0 Å². The number of rotatable bonds is 5. The number of benzene rings is 2. The van der Waals surface area contributed by atoms with E-state index in [1.807, 2.05) is 32.0 Å². The van der Waals surface area contributed by atoms with Crippen molar-refractivity contribution in [3.63, 3.8) is 0 Å². The topological polar surface area (TPSA) is 58.2 Å². The van der Waals surface area contributed by atoms with Crippen molar-refractivity contribution in [2.75, 3.05) is 10.0 Å². The summed E-state index contributed by atoms with van der Waals surface area (Å²) in [4.78, 5) is 0.278. The van der Waals surface area contributed by atoms with Gasteiger partial charge in [-0.25, -0.2) is 8.42 Å². The minimum atomic E-state index is -3.56. The minimum Gasteiger partial charge on any atom is -0.383 e. The Hall–Kier alpha value is -2.01. The second-order valence-corrected chi connectivity index (χ2v) is 7.41. The Kier molecular flexibility index (Phi) is 4.76. The fourth-order valence-corrected chi connectivity index (χ4v) is 3.21. The highest BCUT2D eigenvalue weighted by molar-refractivity contribution is 7.92. The van der Waals surface area contributed by atoms with Gasteiger partial charge in [0.1, 0.15) is 0 Å². The first-order chi connectivity index (χ1) is 10.3. The number of sulfonamides is 1. The summed E-state index contributed by atoms with van der Waals surface area (Å²) in [6.45, 7) is 7.97. The lowest BCUT2D eigenvalue weighted by atomic mass is 10.1. The monoisotopic (exact) mass is 318 g/mol. The van der Waals surface area contributed by atoms with Gasteiger partial charge in [-0.05, 0) is 75.2 Å². The maximum atomic E-state index is 12.4. The molecule has 0 bridgehead atoms. The predicted octanol–water partition coefficient (Wildman–Crippen LogP) is 3.92. The van der Waals surface area contributed by atoms with E-state index in [9.17, 15) is 8.42 Å². The molecule has 0 aliphatic carbocycles. The summed E-state index contributed by atoms with van der Waals surface area (Å²) >= 11 is 0. The summed E-state index contributed by atoms with van der Waals surface area (Å²) in [6, 6.07) is 12.7. The summed E-state index contributed by atoms with van der Waals surface area (Å²) in [5, 5.41) is 3.26. The smallest absolute Gasteiger partial charge is 0.261 e. The highest BCUT2D eigenvalue weighted by Crippen LogP contribution is 2.20. The molecule has 5 heteroatoms. The van der Waals surface area contributed by atoms with Gasteiger partial charge in [0, 0.05) is 17.4 Å². The van der Waals surface area contributed by atoms with Crippen LogP contribution < -0.4 is 10.0 Å². The van der Waals surface area contributed by atoms with Gasteiger partial charge in [0.15, 0.2) is 0 Å². The zero-order valence-corrected chi connectivity index (χ0v) is 14.2. The van der Waals surface area contributed by atoms with Gasteiger partial charge in [-0.1, -0.05) is 6.07 Å². The molecule has 0 spiro atoms. The van der Waals surface area contributed by atoms with Crippen LogP contribution in [-0.2, 0) is 10.0 Å². The van der Waals surface area contributed by atoms with Gasteiger partial charge in [0.2, 0.25) is 0 Å². The van der Waals surface area contributed by atoms with Crippen molar-refractivity contribution in [1.29, 1.82) is 0 Å². The summed E-state index contributed by atoms with van der Waals surface area (Å²) in [5.74, 6) is 0. The maximum absolute atomic E-state index is 12.4. The van der Waals surface area contributed by atoms with Crippen molar-refractivity contribution >= 4 is 21.4 Å². The molecule has 2 N–H and O–H groups in total. The van der Waals surface area contributed by atoms with Crippen LogP contribution in [0.5, 0.6) is 0 Å². The van der Waals surface area contributed by atoms with E-state index in [2.05, 4.69) is 23.9 Å². The zero-order chi connectivity index (χ0) is 16.3. The fraction of sp³-hybridized carbons (Fsp3) is 0.294. The van der Waals surface area contributed by atoms with Crippen LogP contribution in [0.3, 0.4) is 0 Å². The standard InChI is InChI=1S/C17H22N2O2S/c1-12(2)18-15-6-8-16(9-7-15)19-22(20,21)17-10-5-13(3)14(4)11-17/h5-12,18-19H,1-4H3. The van der Waals surface area contributed by atoms with Gasteiger partial charge in [-0.3, -0.25) is 4.72 Å². The molecule has 4 nitrogen and oxygen atoms in total. The molecule has 0 saturated heterocycles. The Labute approximate surface area is 132 Å². The third kappa shape index (κ3) is 4.01. The predicted molar refractivity (Wildman–Crippen MR) is 91.9 cm³/mol. The number of aryl methyl sites for hydroxylation is 2. The van der Waals surface area contributed by atoms with Crippen LogP contribution in [0.1, 0.15) is 25.0 Å². The van der Waals surface area contributed by atoms with Crippen molar-refractivity contribution in [1.82, 2.24) is 0 Å². The fourth-order valence-electron chi connectivity index (χ4n) is 2.06. The van der Waals surface area contributed by atoms with Gasteiger partial charge in [-0.15, -0.1) is 0 Å². The Morgan fingerprint density at radius 3 is 2.00 bits per heavy atom. The van der Waals surface area contributed by atoms with E-state index in [1.165, 1.54) is 0 Å². The molecular formula is C17H22N2O2S. The molecule has 118 valence electrons. The first kappa shape index (κ1) is 16.4. The van der Waals surface area contributed by atoms with Crippen LogP contribution in [0.2, 0.25) is 0 Å². The molecule has 0 fully saturated rings. The first-order valence-electron chi connectivity index (χ1n) is 7.24. The summed E-state index contributed by atoms with van der Waals surface area (Å²) in [7, 11) is -3.56. The van der Waals surface area contributed by atoms with Crippen molar-refractivity contribution in [2.24, 2.45) is 0 Å². The molecule has 0 aliphatic rings. The van der Waals surface area contributed by atoms with Crippen LogP contribution in [0.4, 0.5) is 11.4 Å². The van der Waals surface area contributed by atoms with E-state index in [0.717, 1.165) is 16.8 Å². The van der Waals surface area contributed by atoms with Gasteiger partial charge in [0.25, 0.3) is 10.0 Å². The normalized spacial score (nSPS) is 11.5. The second kappa shape index (κ2) is 6.40. The molecule has 0 aromatic heterocycles. The molecule has 0 aliphatic heterocycles.